The van der Waals surface area contributed by atoms with Gasteiger partial charge in [-0.3, -0.25) is 0 Å². The van der Waals surface area contributed by atoms with Gasteiger partial charge in [0.15, 0.2) is 0 Å². The lowest BCUT2D eigenvalue weighted by atomic mass is 10.2. The van der Waals surface area contributed by atoms with Crippen molar-refractivity contribution in [2.45, 2.75) is 0 Å². The summed E-state index contributed by atoms with van der Waals surface area (Å²) in [5, 5.41) is 0. The zero-order chi connectivity index (χ0) is 14.4. The largest absolute Gasteiger partial charge is 0.355 e. The minimum Gasteiger partial charge on any atom is -0.339 e. The van der Waals surface area contributed by atoms with E-state index in [1.807, 2.05) is 6.07 Å². The lowest BCUT2D eigenvalue weighted by Gasteiger charge is -2.04. The Bertz CT molecular complexity index is 607. The van der Waals surface area contributed by atoms with Gasteiger partial charge in [0.1, 0.15) is 11.6 Å². The van der Waals surface area contributed by atoms with Crippen LogP contribution >= 0.6 is 0 Å². The van der Waals surface area contributed by atoms with E-state index in [2.05, 4.69) is 5.48 Å². The number of carbonyl (C=O) groups is 1. The van der Waals surface area contributed by atoms with Gasteiger partial charge in [-0.1, -0.05) is 24.3 Å². The van der Waals surface area contributed by atoms with Gasteiger partial charge in [0, 0.05) is 11.6 Å². The van der Waals surface area contributed by atoms with E-state index in [0.717, 1.165) is 24.3 Å². The van der Waals surface area contributed by atoms with E-state index in [1.165, 1.54) is 6.07 Å². The molecule has 0 aliphatic rings. The number of benzene rings is 2. The van der Waals surface area contributed by atoms with Crippen molar-refractivity contribution in [2.24, 2.45) is 0 Å². The summed E-state index contributed by atoms with van der Waals surface area (Å²) in [6.07, 6.45) is 1.97. The van der Waals surface area contributed by atoms with Crippen molar-refractivity contribution in [3.63, 3.8) is 0 Å². The van der Waals surface area contributed by atoms with Gasteiger partial charge in [0.2, 0.25) is 0 Å². The van der Waals surface area contributed by atoms with Crippen LogP contribution in [0.1, 0.15) is 5.56 Å². The first kappa shape index (κ1) is 13.7. The molecule has 1 N–H and O–H groups in total. The molecule has 3 nitrogen and oxygen atoms in total. The van der Waals surface area contributed by atoms with E-state index in [4.69, 9.17) is 4.84 Å². The van der Waals surface area contributed by atoms with Crippen LogP contribution in [0, 0.1) is 11.6 Å². The van der Waals surface area contributed by atoms with Crippen molar-refractivity contribution in [2.75, 3.05) is 5.48 Å². The Labute approximate surface area is 114 Å². The Kier molecular flexibility index (Phi) is 4.44. The molecule has 0 aliphatic carbocycles. The lowest BCUT2D eigenvalue weighted by Crippen LogP contribution is -2.07. The van der Waals surface area contributed by atoms with Crippen LogP contribution in [-0.4, -0.2) is 5.97 Å². The molecule has 0 aliphatic heterocycles. The second-order valence-corrected chi connectivity index (χ2v) is 3.86. The van der Waals surface area contributed by atoms with Gasteiger partial charge in [-0.2, -0.15) is 0 Å². The van der Waals surface area contributed by atoms with Crippen molar-refractivity contribution in [1.29, 1.82) is 0 Å². The van der Waals surface area contributed by atoms with E-state index >= 15 is 0 Å². The van der Waals surface area contributed by atoms with E-state index in [-0.39, 0.29) is 5.56 Å². The summed E-state index contributed by atoms with van der Waals surface area (Å²) in [5.74, 6) is -2.26. The summed E-state index contributed by atoms with van der Waals surface area (Å²) >= 11 is 0. The molecule has 0 atom stereocenters. The summed E-state index contributed by atoms with van der Waals surface area (Å²) in [5.41, 5.74) is 2.72. The number of anilines is 1. The molecule has 2 aromatic carbocycles. The molecule has 2 aromatic rings. The van der Waals surface area contributed by atoms with Crippen molar-refractivity contribution < 1.29 is 18.4 Å². The molecule has 0 fully saturated rings. The second kappa shape index (κ2) is 6.47. The maximum absolute atomic E-state index is 13.3. The van der Waals surface area contributed by atoms with E-state index < -0.39 is 17.6 Å². The first-order valence-corrected chi connectivity index (χ1v) is 5.81. The molecule has 20 heavy (non-hydrogen) atoms. The number of halogens is 2. The molecular weight excluding hydrogens is 264 g/mol. The third-order valence-corrected chi connectivity index (χ3v) is 2.43. The van der Waals surface area contributed by atoms with Crippen LogP contribution in [0.5, 0.6) is 0 Å². The van der Waals surface area contributed by atoms with Crippen LogP contribution in [0.25, 0.3) is 6.08 Å². The van der Waals surface area contributed by atoms with Gasteiger partial charge >= 0.3 is 5.97 Å². The van der Waals surface area contributed by atoms with Crippen LogP contribution in [0.3, 0.4) is 0 Å². The normalized spacial score (nSPS) is 10.5. The highest BCUT2D eigenvalue weighted by Gasteiger charge is 2.05. The predicted molar refractivity (Wildman–Crippen MR) is 71.5 cm³/mol. The molecule has 0 unspecified atom stereocenters. The quantitative estimate of drug-likeness (QED) is 0.685. The SMILES string of the molecule is O=C(/C=C/c1c(F)cccc1F)ONc1ccccc1. The Morgan fingerprint density at radius 3 is 2.30 bits per heavy atom. The van der Waals surface area contributed by atoms with Gasteiger partial charge < -0.3 is 4.84 Å². The number of rotatable bonds is 4. The summed E-state index contributed by atoms with van der Waals surface area (Å²) in [7, 11) is 0. The molecule has 0 bridgehead atoms. The monoisotopic (exact) mass is 275 g/mol. The molecule has 0 radical (unpaired) electrons. The van der Waals surface area contributed by atoms with Gasteiger partial charge in [-0.25, -0.2) is 19.1 Å². The van der Waals surface area contributed by atoms with Crippen LogP contribution in [-0.2, 0) is 9.63 Å². The zero-order valence-corrected chi connectivity index (χ0v) is 10.3. The molecule has 2 rings (SSSR count). The topological polar surface area (TPSA) is 38.3 Å². The number of hydrogen-bond acceptors (Lipinski definition) is 3. The first-order valence-electron chi connectivity index (χ1n) is 5.81. The first-order chi connectivity index (χ1) is 9.66. The number of carbonyl (C=O) groups excluding carboxylic acids is 1. The van der Waals surface area contributed by atoms with Crippen LogP contribution in [0.4, 0.5) is 14.5 Å². The molecule has 0 saturated carbocycles. The zero-order valence-electron chi connectivity index (χ0n) is 10.3. The van der Waals surface area contributed by atoms with Gasteiger partial charge in [-0.05, 0) is 30.3 Å². The molecule has 0 saturated heterocycles. The molecule has 0 spiro atoms. The van der Waals surface area contributed by atoms with Crippen LogP contribution < -0.4 is 5.48 Å². The number of hydrogen-bond donors (Lipinski definition) is 1. The smallest absolute Gasteiger partial charge is 0.339 e. The minimum absolute atomic E-state index is 0.288. The van der Waals surface area contributed by atoms with Gasteiger partial charge in [0.05, 0.1) is 5.69 Å². The summed E-state index contributed by atoms with van der Waals surface area (Å²) < 4.78 is 26.6. The highest BCUT2D eigenvalue weighted by Crippen LogP contribution is 2.13. The summed E-state index contributed by atoms with van der Waals surface area (Å²) in [6, 6.07) is 12.2. The summed E-state index contributed by atoms with van der Waals surface area (Å²) in [6.45, 7) is 0. The highest BCUT2D eigenvalue weighted by molar-refractivity contribution is 5.87. The van der Waals surface area contributed by atoms with Gasteiger partial charge in [0.25, 0.3) is 0 Å². The van der Waals surface area contributed by atoms with Crippen LogP contribution in [0.15, 0.2) is 54.6 Å². The molecule has 0 amide bonds. The molecular formula is C15H11F2NO2. The molecule has 5 heteroatoms. The van der Waals surface area contributed by atoms with Crippen molar-refractivity contribution in [1.82, 2.24) is 0 Å². The molecule has 0 heterocycles. The van der Waals surface area contributed by atoms with Crippen molar-refractivity contribution in [3.05, 3.63) is 71.8 Å². The Morgan fingerprint density at radius 1 is 1.00 bits per heavy atom. The van der Waals surface area contributed by atoms with Crippen molar-refractivity contribution >= 4 is 17.7 Å². The highest BCUT2D eigenvalue weighted by atomic mass is 19.1. The van der Waals surface area contributed by atoms with Crippen LogP contribution in [0.2, 0.25) is 0 Å². The summed E-state index contributed by atoms with van der Waals surface area (Å²) in [4.78, 5) is 16.1. The average molecular weight is 275 g/mol. The van der Waals surface area contributed by atoms with E-state index in [0.29, 0.717) is 5.69 Å². The fraction of sp³-hybridized carbons (Fsp3) is 0. The number of para-hydroxylation sites is 1. The Balaban J connectivity index is 1.96. The lowest BCUT2D eigenvalue weighted by molar-refractivity contribution is -0.134. The maximum atomic E-state index is 13.3. The number of nitrogens with one attached hydrogen (secondary N) is 1. The fourth-order valence-corrected chi connectivity index (χ4v) is 1.47. The average Bonchev–Trinajstić information content (AvgIpc) is 2.46. The fourth-order valence-electron chi connectivity index (χ4n) is 1.47. The third-order valence-electron chi connectivity index (χ3n) is 2.43. The third kappa shape index (κ3) is 3.65. The Morgan fingerprint density at radius 2 is 1.65 bits per heavy atom. The van der Waals surface area contributed by atoms with E-state index in [9.17, 15) is 13.6 Å². The van der Waals surface area contributed by atoms with Crippen molar-refractivity contribution in [3.8, 4) is 0 Å². The predicted octanol–water partition coefficient (Wildman–Crippen LogP) is 3.55. The Hall–Kier alpha value is -2.69. The van der Waals surface area contributed by atoms with E-state index in [1.54, 1.807) is 24.3 Å². The molecule has 0 aromatic heterocycles. The molecule has 102 valence electrons. The maximum Gasteiger partial charge on any atom is 0.355 e. The minimum atomic E-state index is -0.767. The standard InChI is InChI=1S/C15H11F2NO2/c16-13-7-4-8-14(17)12(13)9-10-15(19)20-18-11-5-2-1-3-6-11/h1-10,18H/b10-9+. The van der Waals surface area contributed by atoms with Gasteiger partial charge in [-0.15, -0.1) is 0 Å². The second-order valence-electron chi connectivity index (χ2n) is 3.86.